The van der Waals surface area contributed by atoms with Crippen LogP contribution in [0.25, 0.3) is 99.5 Å². The number of fused-ring (bicyclic) bond motifs is 11. The van der Waals surface area contributed by atoms with Gasteiger partial charge in [0.25, 0.3) is 0 Å². The van der Waals surface area contributed by atoms with Crippen LogP contribution in [-0.4, -0.2) is 15.0 Å². The Bertz CT molecular complexity index is 3160. The molecule has 0 atom stereocenters. The van der Waals surface area contributed by atoms with Crippen molar-refractivity contribution in [2.45, 2.75) is 19.3 Å². The van der Waals surface area contributed by atoms with E-state index in [-0.39, 0.29) is 5.41 Å². The van der Waals surface area contributed by atoms with E-state index < -0.39 is 0 Å². The van der Waals surface area contributed by atoms with Gasteiger partial charge in [-0.05, 0) is 88.6 Å². The van der Waals surface area contributed by atoms with E-state index in [9.17, 15) is 0 Å². The predicted molar refractivity (Wildman–Crippen MR) is 229 cm³/mol. The first-order chi connectivity index (χ1) is 27.0. The first-order valence-electron chi connectivity index (χ1n) is 18.9. The zero-order chi connectivity index (χ0) is 36.7. The highest BCUT2D eigenvalue weighted by Crippen LogP contribution is 2.49. The zero-order valence-electron chi connectivity index (χ0n) is 30.6. The minimum atomic E-state index is -0.0666. The fraction of sp³-hybridized carbons (Fsp3) is 0.0577. The van der Waals surface area contributed by atoms with Crippen LogP contribution in [-0.2, 0) is 5.41 Å². The van der Waals surface area contributed by atoms with E-state index in [0.717, 1.165) is 22.3 Å². The summed E-state index contributed by atoms with van der Waals surface area (Å²) in [5.74, 6) is 1.97. The van der Waals surface area contributed by atoms with Gasteiger partial charge < -0.3 is 0 Å². The molecular weight excluding hydrogens is 667 g/mol. The average Bonchev–Trinajstić information content (AvgIpc) is 3.48. The molecule has 0 radical (unpaired) electrons. The highest BCUT2D eigenvalue weighted by Gasteiger charge is 2.35. The van der Waals surface area contributed by atoms with Crippen molar-refractivity contribution in [2.24, 2.45) is 0 Å². The summed E-state index contributed by atoms with van der Waals surface area (Å²) in [5, 5.41) is 10.2. The van der Waals surface area contributed by atoms with Gasteiger partial charge in [-0.3, -0.25) is 0 Å². The number of hydrogen-bond acceptors (Lipinski definition) is 3. The standard InChI is InChI=1S/C52H35N3/c1-52(2)46-23-13-12-20-40(46)44-30-35(28-29-47(44)52)51-54-49(33-14-4-3-5-15-33)53-50(55-51)34-26-24-32(25-27-34)43-31-45-38-18-7-6-16-36(38)37-17-8-10-21-41(37)48(45)42-22-11-9-19-39(42)43/h3-31H,1-2H3. The highest BCUT2D eigenvalue weighted by molar-refractivity contribution is 6.33. The molecule has 0 amide bonds. The number of hydrogen-bond donors (Lipinski definition) is 0. The highest BCUT2D eigenvalue weighted by atomic mass is 15.0. The van der Waals surface area contributed by atoms with Crippen LogP contribution in [0, 0.1) is 0 Å². The molecule has 258 valence electrons. The molecule has 1 aliphatic carbocycles. The molecule has 9 aromatic carbocycles. The van der Waals surface area contributed by atoms with Crippen LogP contribution in [0.4, 0.5) is 0 Å². The summed E-state index contributed by atoms with van der Waals surface area (Å²) in [5.41, 5.74) is 10.4. The van der Waals surface area contributed by atoms with E-state index in [2.05, 4.69) is 172 Å². The summed E-state index contributed by atoms with van der Waals surface area (Å²) in [6, 6.07) is 63.2. The second kappa shape index (κ2) is 12.0. The third-order valence-electron chi connectivity index (χ3n) is 11.7. The third-order valence-corrected chi connectivity index (χ3v) is 11.7. The molecule has 0 saturated heterocycles. The van der Waals surface area contributed by atoms with Crippen molar-refractivity contribution in [2.75, 3.05) is 0 Å². The maximum absolute atomic E-state index is 5.15. The van der Waals surface area contributed by atoms with Crippen molar-refractivity contribution in [3.8, 4) is 56.4 Å². The zero-order valence-corrected chi connectivity index (χ0v) is 30.6. The number of benzene rings is 9. The number of aromatic nitrogens is 3. The maximum atomic E-state index is 5.15. The van der Waals surface area contributed by atoms with Gasteiger partial charge in [-0.2, -0.15) is 0 Å². The van der Waals surface area contributed by atoms with Gasteiger partial charge >= 0.3 is 0 Å². The number of rotatable bonds is 4. The number of nitrogens with zero attached hydrogens (tertiary/aromatic N) is 3. The fourth-order valence-electron chi connectivity index (χ4n) is 9.01. The summed E-state index contributed by atoms with van der Waals surface area (Å²) < 4.78 is 0. The van der Waals surface area contributed by atoms with Crippen LogP contribution in [0.15, 0.2) is 176 Å². The Labute approximate surface area is 319 Å². The normalized spacial score (nSPS) is 13.1. The molecule has 0 unspecified atom stereocenters. The minimum absolute atomic E-state index is 0.0666. The Hall–Kier alpha value is -6.97. The second-order valence-electron chi connectivity index (χ2n) is 15.2. The van der Waals surface area contributed by atoms with E-state index in [1.807, 2.05) is 18.2 Å². The van der Waals surface area contributed by atoms with E-state index in [4.69, 9.17) is 15.0 Å². The molecule has 10 aromatic rings. The molecule has 0 bridgehead atoms. The Morgan fingerprint density at radius 3 is 1.45 bits per heavy atom. The Morgan fingerprint density at radius 2 is 0.764 bits per heavy atom. The quantitative estimate of drug-likeness (QED) is 0.171. The van der Waals surface area contributed by atoms with E-state index in [1.54, 1.807) is 0 Å². The summed E-state index contributed by atoms with van der Waals surface area (Å²) >= 11 is 0. The van der Waals surface area contributed by atoms with Gasteiger partial charge in [-0.25, -0.2) is 15.0 Å². The first kappa shape index (κ1) is 31.5. The van der Waals surface area contributed by atoms with Crippen molar-refractivity contribution in [1.29, 1.82) is 0 Å². The lowest BCUT2D eigenvalue weighted by Crippen LogP contribution is -2.14. The van der Waals surface area contributed by atoms with Crippen LogP contribution in [0.1, 0.15) is 25.0 Å². The van der Waals surface area contributed by atoms with Crippen LogP contribution in [0.3, 0.4) is 0 Å². The van der Waals surface area contributed by atoms with E-state index in [1.165, 1.54) is 70.9 Å². The van der Waals surface area contributed by atoms with Gasteiger partial charge in [0.15, 0.2) is 17.5 Å². The lowest BCUT2D eigenvalue weighted by Gasteiger charge is -2.21. The van der Waals surface area contributed by atoms with E-state index >= 15 is 0 Å². The van der Waals surface area contributed by atoms with Crippen molar-refractivity contribution < 1.29 is 0 Å². The molecule has 0 N–H and O–H groups in total. The maximum Gasteiger partial charge on any atom is 0.164 e. The first-order valence-corrected chi connectivity index (χ1v) is 18.9. The molecule has 1 aliphatic rings. The smallest absolute Gasteiger partial charge is 0.164 e. The SMILES string of the molecule is CC1(C)c2ccccc2-c2cc(-c3nc(-c4ccccc4)nc(-c4ccc(-c5cc6c7ccccc7c7ccccc7c6c6ccccc56)cc4)n3)ccc21. The molecule has 1 aromatic heterocycles. The Morgan fingerprint density at radius 1 is 0.309 bits per heavy atom. The van der Waals surface area contributed by atoms with Crippen LogP contribution < -0.4 is 0 Å². The molecule has 55 heavy (non-hydrogen) atoms. The third kappa shape index (κ3) is 4.86. The van der Waals surface area contributed by atoms with Crippen LogP contribution in [0.5, 0.6) is 0 Å². The molecular formula is C52H35N3. The molecule has 1 heterocycles. The van der Waals surface area contributed by atoms with Crippen molar-refractivity contribution in [3.05, 3.63) is 187 Å². The van der Waals surface area contributed by atoms with Crippen LogP contribution in [0.2, 0.25) is 0 Å². The van der Waals surface area contributed by atoms with Crippen molar-refractivity contribution >= 4 is 43.1 Å². The second-order valence-corrected chi connectivity index (χ2v) is 15.2. The molecule has 0 spiro atoms. The molecule has 0 fully saturated rings. The van der Waals surface area contributed by atoms with E-state index in [0.29, 0.717) is 17.5 Å². The molecule has 0 aliphatic heterocycles. The molecule has 3 nitrogen and oxygen atoms in total. The lowest BCUT2D eigenvalue weighted by molar-refractivity contribution is 0.660. The fourth-order valence-corrected chi connectivity index (χ4v) is 9.01. The predicted octanol–water partition coefficient (Wildman–Crippen LogP) is 13.5. The summed E-state index contributed by atoms with van der Waals surface area (Å²) in [4.78, 5) is 15.3. The largest absolute Gasteiger partial charge is 0.208 e. The Kier molecular flexibility index (Phi) is 6.90. The molecule has 11 rings (SSSR count). The van der Waals surface area contributed by atoms with Gasteiger partial charge in [0.2, 0.25) is 0 Å². The summed E-state index contributed by atoms with van der Waals surface area (Å²) in [7, 11) is 0. The van der Waals surface area contributed by atoms with Crippen molar-refractivity contribution in [3.63, 3.8) is 0 Å². The average molecular weight is 702 g/mol. The van der Waals surface area contributed by atoms with Gasteiger partial charge in [0, 0.05) is 22.1 Å². The monoisotopic (exact) mass is 701 g/mol. The topological polar surface area (TPSA) is 38.7 Å². The van der Waals surface area contributed by atoms with Crippen LogP contribution >= 0.6 is 0 Å². The van der Waals surface area contributed by atoms with Gasteiger partial charge in [0.1, 0.15) is 0 Å². The summed E-state index contributed by atoms with van der Waals surface area (Å²) in [6.07, 6.45) is 0. The molecule has 0 saturated carbocycles. The minimum Gasteiger partial charge on any atom is -0.208 e. The van der Waals surface area contributed by atoms with Gasteiger partial charge in [0.05, 0.1) is 0 Å². The summed E-state index contributed by atoms with van der Waals surface area (Å²) in [6.45, 7) is 4.61. The Balaban J connectivity index is 1.07. The van der Waals surface area contributed by atoms with Gasteiger partial charge in [-0.15, -0.1) is 0 Å². The van der Waals surface area contributed by atoms with Gasteiger partial charge in [-0.1, -0.05) is 178 Å². The lowest BCUT2D eigenvalue weighted by atomic mass is 9.82. The van der Waals surface area contributed by atoms with Crippen molar-refractivity contribution in [1.82, 2.24) is 15.0 Å². The molecule has 3 heteroatoms.